The lowest BCUT2D eigenvalue weighted by atomic mass is 10.1. The molecule has 1 aromatic carbocycles. The number of carbonyl (C=O) groups is 1. The van der Waals surface area contributed by atoms with Gasteiger partial charge in [-0.15, -0.1) is 11.3 Å². The summed E-state index contributed by atoms with van der Waals surface area (Å²) in [7, 11) is -3.07. The van der Waals surface area contributed by atoms with Crippen LogP contribution in [0.1, 0.15) is 12.1 Å². The number of benzene rings is 1. The second-order valence-electron chi connectivity index (χ2n) is 6.30. The van der Waals surface area contributed by atoms with Gasteiger partial charge in [0.05, 0.1) is 23.1 Å². The number of thiazole rings is 1. The van der Waals surface area contributed by atoms with Gasteiger partial charge in [0.1, 0.15) is 0 Å². The van der Waals surface area contributed by atoms with E-state index < -0.39 is 15.8 Å². The van der Waals surface area contributed by atoms with Gasteiger partial charge in [-0.3, -0.25) is 4.79 Å². The van der Waals surface area contributed by atoms with E-state index in [1.807, 2.05) is 36.6 Å². The summed E-state index contributed by atoms with van der Waals surface area (Å²) in [6.07, 6.45) is 0.383. The highest BCUT2D eigenvalue weighted by molar-refractivity contribution is 7.91. The molecule has 0 aliphatic carbocycles. The van der Waals surface area contributed by atoms with Crippen molar-refractivity contribution in [2.45, 2.75) is 13.3 Å². The summed E-state index contributed by atoms with van der Waals surface area (Å²) in [6, 6.07) is 8.01. The number of sulfone groups is 1. The predicted octanol–water partition coefficient (Wildman–Crippen LogP) is 2.97. The van der Waals surface area contributed by atoms with Crippen LogP contribution < -0.4 is 5.32 Å². The average molecular weight is 375 g/mol. The number of amides is 1. The monoisotopic (exact) mass is 375 g/mol. The fraction of sp³-hybridized carbons (Fsp3) is 0.294. The van der Waals surface area contributed by atoms with Crippen molar-refractivity contribution in [3.63, 3.8) is 0 Å². The van der Waals surface area contributed by atoms with Gasteiger partial charge in [-0.2, -0.15) is 0 Å². The van der Waals surface area contributed by atoms with Crippen molar-refractivity contribution >= 4 is 43.1 Å². The Hall–Kier alpha value is -2.19. The van der Waals surface area contributed by atoms with Gasteiger partial charge in [0, 0.05) is 27.5 Å². The molecule has 8 heteroatoms. The second kappa shape index (κ2) is 5.96. The summed E-state index contributed by atoms with van der Waals surface area (Å²) in [5.41, 5.74) is 3.89. The van der Waals surface area contributed by atoms with Crippen LogP contribution in [0.4, 0.5) is 5.13 Å². The molecule has 1 atom stereocenters. The van der Waals surface area contributed by atoms with Gasteiger partial charge in [0.15, 0.2) is 15.0 Å². The molecule has 3 heterocycles. The van der Waals surface area contributed by atoms with Crippen LogP contribution in [0.5, 0.6) is 0 Å². The summed E-state index contributed by atoms with van der Waals surface area (Å²) < 4.78 is 23.0. The van der Waals surface area contributed by atoms with Gasteiger partial charge in [-0.1, -0.05) is 18.2 Å². The maximum atomic E-state index is 12.3. The summed E-state index contributed by atoms with van der Waals surface area (Å²) in [6.45, 7) is 2.00. The van der Waals surface area contributed by atoms with Crippen LogP contribution in [-0.4, -0.2) is 35.8 Å². The molecule has 3 aromatic rings. The molecule has 0 bridgehead atoms. The highest BCUT2D eigenvalue weighted by Crippen LogP contribution is 2.34. The number of hydrogen-bond acceptors (Lipinski definition) is 5. The maximum absolute atomic E-state index is 12.3. The lowest BCUT2D eigenvalue weighted by molar-refractivity contribution is -0.119. The zero-order chi connectivity index (χ0) is 17.6. The first-order valence-corrected chi connectivity index (χ1v) is 10.7. The molecule has 1 aliphatic rings. The van der Waals surface area contributed by atoms with E-state index in [-0.39, 0.29) is 17.4 Å². The first-order chi connectivity index (χ1) is 11.9. The Morgan fingerprint density at radius 1 is 1.36 bits per heavy atom. The summed E-state index contributed by atoms with van der Waals surface area (Å²) >= 11 is 1.35. The van der Waals surface area contributed by atoms with Crippen LogP contribution in [0.2, 0.25) is 0 Å². The largest absolute Gasteiger partial charge is 0.358 e. The van der Waals surface area contributed by atoms with Gasteiger partial charge in [-0.05, 0) is 19.4 Å². The third-order valence-electron chi connectivity index (χ3n) is 4.49. The van der Waals surface area contributed by atoms with Crippen molar-refractivity contribution in [2.24, 2.45) is 5.92 Å². The van der Waals surface area contributed by atoms with Crippen molar-refractivity contribution in [1.29, 1.82) is 0 Å². The Balaban J connectivity index is 1.58. The minimum absolute atomic E-state index is 0.0708. The first-order valence-electron chi connectivity index (χ1n) is 7.97. The normalized spacial score (nSPS) is 19.3. The number of aryl methyl sites for hydroxylation is 1. The van der Waals surface area contributed by atoms with E-state index in [0.717, 1.165) is 27.9 Å². The van der Waals surface area contributed by atoms with Gasteiger partial charge < -0.3 is 10.3 Å². The minimum atomic E-state index is -3.07. The molecule has 1 aliphatic heterocycles. The SMILES string of the molecule is Cc1[nH]c2ccccc2c1-c1csc(NC(=O)C2CCS(=O)(=O)C2)n1. The number of rotatable bonds is 3. The Morgan fingerprint density at radius 2 is 2.16 bits per heavy atom. The number of hydrogen-bond donors (Lipinski definition) is 2. The summed E-state index contributed by atoms with van der Waals surface area (Å²) in [5, 5.41) is 6.25. The second-order valence-corrected chi connectivity index (χ2v) is 9.38. The number of anilines is 1. The Labute approximate surface area is 149 Å². The number of nitrogens with zero attached hydrogens (tertiary/aromatic N) is 1. The average Bonchev–Trinajstić information content (AvgIpc) is 3.23. The molecule has 4 rings (SSSR count). The number of para-hydroxylation sites is 1. The van der Waals surface area contributed by atoms with Crippen LogP contribution in [0.3, 0.4) is 0 Å². The molecular weight excluding hydrogens is 358 g/mol. The molecule has 6 nitrogen and oxygen atoms in total. The van der Waals surface area contributed by atoms with E-state index in [9.17, 15) is 13.2 Å². The number of nitrogens with one attached hydrogen (secondary N) is 2. The summed E-state index contributed by atoms with van der Waals surface area (Å²) in [5.74, 6) is -0.730. The van der Waals surface area contributed by atoms with E-state index in [1.54, 1.807) is 0 Å². The highest BCUT2D eigenvalue weighted by atomic mass is 32.2. The summed E-state index contributed by atoms with van der Waals surface area (Å²) in [4.78, 5) is 20.1. The van der Waals surface area contributed by atoms with E-state index in [4.69, 9.17) is 0 Å². The molecule has 130 valence electrons. The van der Waals surface area contributed by atoms with Gasteiger partial charge in [0.2, 0.25) is 5.91 Å². The molecule has 0 spiro atoms. The lowest BCUT2D eigenvalue weighted by Crippen LogP contribution is -2.23. The number of carbonyl (C=O) groups excluding carboxylic acids is 1. The Morgan fingerprint density at radius 3 is 2.92 bits per heavy atom. The molecule has 0 saturated carbocycles. The lowest BCUT2D eigenvalue weighted by Gasteiger charge is -2.06. The van der Waals surface area contributed by atoms with Crippen LogP contribution in [0, 0.1) is 12.8 Å². The molecule has 1 unspecified atom stereocenters. The highest BCUT2D eigenvalue weighted by Gasteiger charge is 2.33. The van der Waals surface area contributed by atoms with Crippen molar-refractivity contribution in [3.05, 3.63) is 35.3 Å². The molecule has 2 aromatic heterocycles. The van der Waals surface area contributed by atoms with Crippen LogP contribution in [-0.2, 0) is 14.6 Å². The third-order valence-corrected chi connectivity index (χ3v) is 7.01. The number of aromatic amines is 1. The Kier molecular flexibility index (Phi) is 3.88. The van der Waals surface area contributed by atoms with Crippen LogP contribution in [0.15, 0.2) is 29.6 Å². The molecular formula is C17H17N3O3S2. The molecule has 25 heavy (non-hydrogen) atoms. The maximum Gasteiger partial charge on any atom is 0.230 e. The topological polar surface area (TPSA) is 91.9 Å². The van der Waals surface area contributed by atoms with Gasteiger partial charge in [-0.25, -0.2) is 13.4 Å². The molecule has 2 N–H and O–H groups in total. The fourth-order valence-corrected chi connectivity index (χ4v) is 5.71. The quantitative estimate of drug-likeness (QED) is 0.736. The third kappa shape index (κ3) is 3.07. The van der Waals surface area contributed by atoms with E-state index >= 15 is 0 Å². The minimum Gasteiger partial charge on any atom is -0.358 e. The zero-order valence-corrected chi connectivity index (χ0v) is 15.2. The predicted molar refractivity (Wildman–Crippen MR) is 99.5 cm³/mol. The van der Waals surface area contributed by atoms with E-state index in [0.29, 0.717) is 11.6 Å². The van der Waals surface area contributed by atoms with Crippen molar-refractivity contribution in [2.75, 3.05) is 16.8 Å². The smallest absolute Gasteiger partial charge is 0.230 e. The fourth-order valence-electron chi connectivity index (χ4n) is 3.26. The zero-order valence-electron chi connectivity index (χ0n) is 13.6. The first kappa shape index (κ1) is 16.3. The molecule has 0 radical (unpaired) electrons. The van der Waals surface area contributed by atoms with Crippen molar-refractivity contribution in [3.8, 4) is 11.3 Å². The number of aromatic nitrogens is 2. The van der Waals surface area contributed by atoms with E-state index in [2.05, 4.69) is 15.3 Å². The van der Waals surface area contributed by atoms with Gasteiger partial charge in [0.25, 0.3) is 0 Å². The molecule has 1 saturated heterocycles. The van der Waals surface area contributed by atoms with Crippen LogP contribution >= 0.6 is 11.3 Å². The number of H-pyrrole nitrogens is 1. The Bertz CT molecular complexity index is 1070. The molecule has 1 amide bonds. The van der Waals surface area contributed by atoms with Crippen molar-refractivity contribution in [1.82, 2.24) is 9.97 Å². The van der Waals surface area contributed by atoms with E-state index in [1.165, 1.54) is 11.3 Å². The van der Waals surface area contributed by atoms with Gasteiger partial charge >= 0.3 is 0 Å². The number of fused-ring (bicyclic) bond motifs is 1. The van der Waals surface area contributed by atoms with Crippen molar-refractivity contribution < 1.29 is 13.2 Å². The standard InChI is InChI=1S/C17H17N3O3S2/c1-10-15(12-4-2-3-5-13(12)18-10)14-8-24-17(19-14)20-16(21)11-6-7-25(22,23)9-11/h2-5,8,11,18H,6-7,9H2,1H3,(H,19,20,21). The van der Waals surface area contributed by atoms with Crippen LogP contribution in [0.25, 0.3) is 22.2 Å². The molecule has 1 fully saturated rings.